The highest BCUT2D eigenvalue weighted by Crippen LogP contribution is 2.13. The van der Waals surface area contributed by atoms with E-state index in [1.165, 1.54) is 12.1 Å². The third-order valence-corrected chi connectivity index (χ3v) is 3.16. The molecule has 0 saturated heterocycles. The predicted molar refractivity (Wildman–Crippen MR) is 101 cm³/mol. The van der Waals surface area contributed by atoms with Crippen LogP contribution in [-0.4, -0.2) is 42.9 Å². The molecule has 10 nitrogen and oxygen atoms in total. The lowest BCUT2D eigenvalue weighted by Gasteiger charge is -2.13. The van der Waals surface area contributed by atoms with Gasteiger partial charge in [0.15, 0.2) is 6.19 Å². The number of hydrogen-bond donors (Lipinski definition) is 4. The maximum absolute atomic E-state index is 12.2. The molecular formula is C18H20N6O4. The number of carbonyl (C=O) groups excluding carboxylic acids is 3. The van der Waals surface area contributed by atoms with Crippen LogP contribution in [0.25, 0.3) is 0 Å². The van der Waals surface area contributed by atoms with Crippen LogP contribution in [0, 0.1) is 23.8 Å². The number of nitrogens with two attached hydrogens (primary N) is 1. The Bertz CT molecular complexity index is 837. The van der Waals surface area contributed by atoms with Crippen molar-refractivity contribution in [3.05, 3.63) is 29.8 Å². The molecule has 0 heterocycles. The van der Waals surface area contributed by atoms with Crippen molar-refractivity contribution in [2.45, 2.75) is 19.4 Å². The second-order valence-corrected chi connectivity index (χ2v) is 5.26. The van der Waals surface area contributed by atoms with Crippen LogP contribution in [-0.2, 0) is 14.3 Å². The number of carbonyl (C=O) groups is 3. The number of guanidine groups is 1. The summed E-state index contributed by atoms with van der Waals surface area (Å²) in [5.41, 5.74) is 6.05. The summed E-state index contributed by atoms with van der Waals surface area (Å²) in [7, 11) is 0. The summed E-state index contributed by atoms with van der Waals surface area (Å²) < 4.78 is 4.77. The molecule has 0 fully saturated rings. The molecule has 0 bridgehead atoms. The highest BCUT2D eigenvalue weighted by atomic mass is 16.5. The maximum Gasteiger partial charge on any atom is 0.308 e. The molecule has 28 heavy (non-hydrogen) atoms. The monoisotopic (exact) mass is 384 g/mol. The lowest BCUT2D eigenvalue weighted by molar-refractivity contribution is -0.143. The fourth-order valence-corrected chi connectivity index (χ4v) is 1.99. The van der Waals surface area contributed by atoms with E-state index in [1.54, 1.807) is 25.2 Å². The van der Waals surface area contributed by atoms with Crippen molar-refractivity contribution < 1.29 is 19.1 Å². The molecular weight excluding hydrogens is 364 g/mol. The molecule has 1 aromatic rings. The maximum atomic E-state index is 12.2. The fraction of sp³-hybridized carbons (Fsp3) is 0.278. The van der Waals surface area contributed by atoms with E-state index in [1.807, 2.05) is 0 Å². The quantitative estimate of drug-likeness (QED) is 0.117. The minimum atomic E-state index is -0.836. The van der Waals surface area contributed by atoms with Gasteiger partial charge in [-0.25, -0.2) is 4.99 Å². The molecule has 0 aromatic heterocycles. The first-order valence-corrected chi connectivity index (χ1v) is 8.18. The Morgan fingerprint density at radius 2 is 2.14 bits per heavy atom. The molecule has 0 unspecified atom stereocenters. The van der Waals surface area contributed by atoms with Gasteiger partial charge in [-0.2, -0.15) is 5.26 Å². The standard InChI is InChI=1S/C18H20N6O4/c1-3-13(9-16(26)28-4-2)23-15(25)10-21-17(27)12-6-5-7-14(8-12)24-18(20)22-11-19/h1,5-8,13H,4,9-10H2,2H3,(H,21,27)(H,23,25)(H3,20,22,24)/t13-/m1/s1. The number of esters is 1. The zero-order chi connectivity index (χ0) is 20.9. The van der Waals surface area contributed by atoms with Gasteiger partial charge in [0.25, 0.3) is 5.91 Å². The molecule has 1 atom stereocenters. The van der Waals surface area contributed by atoms with Crippen LogP contribution in [0.4, 0.5) is 5.69 Å². The van der Waals surface area contributed by atoms with Gasteiger partial charge in [-0.05, 0) is 25.1 Å². The van der Waals surface area contributed by atoms with E-state index in [4.69, 9.17) is 22.2 Å². The van der Waals surface area contributed by atoms with Gasteiger partial charge >= 0.3 is 5.97 Å². The molecule has 0 aliphatic rings. The fourth-order valence-electron chi connectivity index (χ4n) is 1.99. The lowest BCUT2D eigenvalue weighted by atomic mass is 10.2. The smallest absolute Gasteiger partial charge is 0.308 e. The first-order valence-electron chi connectivity index (χ1n) is 8.18. The molecule has 0 aliphatic heterocycles. The van der Waals surface area contributed by atoms with Crippen LogP contribution in [0.1, 0.15) is 23.7 Å². The van der Waals surface area contributed by atoms with E-state index >= 15 is 0 Å². The van der Waals surface area contributed by atoms with E-state index in [2.05, 4.69) is 26.9 Å². The topological polar surface area (TPSA) is 159 Å². The molecule has 2 amide bonds. The van der Waals surface area contributed by atoms with Gasteiger partial charge in [0.1, 0.15) is 6.04 Å². The Kier molecular flexibility index (Phi) is 9.07. The van der Waals surface area contributed by atoms with Crippen LogP contribution < -0.4 is 21.7 Å². The van der Waals surface area contributed by atoms with E-state index < -0.39 is 23.8 Å². The second-order valence-electron chi connectivity index (χ2n) is 5.26. The summed E-state index contributed by atoms with van der Waals surface area (Å²) in [4.78, 5) is 39.4. The third kappa shape index (κ3) is 7.89. The van der Waals surface area contributed by atoms with E-state index in [-0.39, 0.29) is 31.1 Å². The van der Waals surface area contributed by atoms with Gasteiger partial charge in [0.05, 0.1) is 25.3 Å². The number of ether oxygens (including phenoxy) is 1. The van der Waals surface area contributed by atoms with Crippen molar-refractivity contribution in [1.82, 2.24) is 16.0 Å². The number of rotatable bonds is 8. The Balaban J connectivity index is 2.61. The molecule has 0 spiro atoms. The number of nitrogens with zero attached hydrogens (tertiary/aromatic N) is 2. The molecule has 1 aromatic carbocycles. The summed E-state index contributed by atoms with van der Waals surface area (Å²) in [6, 6.07) is 5.27. The summed E-state index contributed by atoms with van der Waals surface area (Å²) in [5, 5.41) is 15.5. The largest absolute Gasteiger partial charge is 0.466 e. The summed E-state index contributed by atoms with van der Waals surface area (Å²) in [5.74, 6) is 0.538. The molecule has 5 N–H and O–H groups in total. The number of benzene rings is 1. The highest BCUT2D eigenvalue weighted by molar-refractivity contribution is 5.97. The van der Waals surface area contributed by atoms with Crippen LogP contribution in [0.2, 0.25) is 0 Å². The zero-order valence-corrected chi connectivity index (χ0v) is 15.2. The number of nitrogens with one attached hydrogen (secondary N) is 3. The number of nitriles is 1. The van der Waals surface area contributed by atoms with Crippen LogP contribution in [0.3, 0.4) is 0 Å². The second kappa shape index (κ2) is 11.5. The Morgan fingerprint density at radius 1 is 1.39 bits per heavy atom. The van der Waals surface area contributed by atoms with Gasteiger partial charge in [-0.15, -0.1) is 6.42 Å². The summed E-state index contributed by atoms with van der Waals surface area (Å²) >= 11 is 0. The van der Waals surface area contributed by atoms with Gasteiger partial charge in [0.2, 0.25) is 11.9 Å². The van der Waals surface area contributed by atoms with E-state index in [0.717, 1.165) is 0 Å². The summed E-state index contributed by atoms with van der Waals surface area (Å²) in [6.07, 6.45) is 6.74. The number of amides is 2. The number of terminal acetylenes is 1. The van der Waals surface area contributed by atoms with Crippen molar-refractivity contribution in [2.24, 2.45) is 10.7 Å². The number of hydrogen-bond acceptors (Lipinski definition) is 6. The van der Waals surface area contributed by atoms with Crippen molar-refractivity contribution in [2.75, 3.05) is 13.2 Å². The van der Waals surface area contributed by atoms with Crippen molar-refractivity contribution in [1.29, 1.82) is 5.26 Å². The van der Waals surface area contributed by atoms with Gasteiger partial charge in [-0.3, -0.25) is 19.7 Å². The molecule has 0 aliphatic carbocycles. The molecule has 146 valence electrons. The van der Waals surface area contributed by atoms with Crippen LogP contribution >= 0.6 is 0 Å². The SMILES string of the molecule is C#C[C@H](CC(=O)OCC)NC(=O)CNC(=O)c1cccc(N=C(N)NC#N)c1. The highest BCUT2D eigenvalue weighted by Gasteiger charge is 2.16. The Morgan fingerprint density at radius 3 is 2.79 bits per heavy atom. The van der Waals surface area contributed by atoms with Crippen molar-refractivity contribution in [3.63, 3.8) is 0 Å². The Labute approximate surface area is 162 Å². The first kappa shape index (κ1) is 22.0. The minimum absolute atomic E-state index is 0.124. The predicted octanol–water partition coefficient (Wildman–Crippen LogP) is -0.496. The average molecular weight is 384 g/mol. The lowest BCUT2D eigenvalue weighted by Crippen LogP contribution is -2.42. The van der Waals surface area contributed by atoms with Crippen LogP contribution in [0.15, 0.2) is 29.3 Å². The van der Waals surface area contributed by atoms with E-state index in [0.29, 0.717) is 5.69 Å². The van der Waals surface area contributed by atoms with Gasteiger partial charge < -0.3 is 21.1 Å². The van der Waals surface area contributed by atoms with Gasteiger partial charge in [-0.1, -0.05) is 12.0 Å². The van der Waals surface area contributed by atoms with Crippen molar-refractivity contribution in [3.8, 4) is 18.5 Å². The molecule has 1 rings (SSSR count). The number of aliphatic imine (C=N–C) groups is 1. The van der Waals surface area contributed by atoms with Crippen LogP contribution in [0.5, 0.6) is 0 Å². The van der Waals surface area contributed by atoms with E-state index in [9.17, 15) is 14.4 Å². The van der Waals surface area contributed by atoms with Gasteiger partial charge in [0, 0.05) is 5.56 Å². The first-order chi connectivity index (χ1) is 13.4. The molecule has 0 radical (unpaired) electrons. The average Bonchev–Trinajstić information content (AvgIpc) is 2.66. The normalized spacial score (nSPS) is 11.3. The third-order valence-electron chi connectivity index (χ3n) is 3.16. The summed E-state index contributed by atoms with van der Waals surface area (Å²) in [6.45, 7) is 1.53. The zero-order valence-electron chi connectivity index (χ0n) is 15.2. The molecule has 0 saturated carbocycles. The van der Waals surface area contributed by atoms with Crippen molar-refractivity contribution >= 4 is 29.4 Å². The molecule has 10 heteroatoms. The Hall–Kier alpha value is -4.05. The minimum Gasteiger partial charge on any atom is -0.466 e.